The van der Waals surface area contributed by atoms with Gasteiger partial charge < -0.3 is 0 Å². The number of fused-ring (bicyclic) bond motifs is 1. The van der Waals surface area contributed by atoms with E-state index in [0.29, 0.717) is 5.16 Å². The third-order valence-corrected chi connectivity index (χ3v) is 3.53. The molecule has 2 aromatic carbocycles. The Hall–Kier alpha value is -2.14. The smallest absolute Gasteiger partial charge is 0.203 e. The second-order valence-corrected chi connectivity index (χ2v) is 5.22. The molecule has 3 rings (SSSR count). The lowest BCUT2D eigenvalue weighted by atomic mass is 10.1. The zero-order valence-electron chi connectivity index (χ0n) is 10.3. The van der Waals surface area contributed by atoms with Crippen LogP contribution in [0.5, 0.6) is 0 Å². The minimum absolute atomic E-state index is 0.00510. The van der Waals surface area contributed by atoms with Crippen LogP contribution in [0.15, 0.2) is 53.9 Å². The summed E-state index contributed by atoms with van der Waals surface area (Å²) in [7, 11) is 0. The zero-order chi connectivity index (χ0) is 13.2. The normalized spacial score (nSPS) is 10.8. The first kappa shape index (κ1) is 11.9. The Morgan fingerprint density at radius 1 is 1.16 bits per heavy atom. The quantitative estimate of drug-likeness (QED) is 0.671. The van der Waals surface area contributed by atoms with E-state index in [1.807, 2.05) is 34.9 Å². The van der Waals surface area contributed by atoms with Crippen molar-refractivity contribution >= 4 is 27.6 Å². The summed E-state index contributed by atoms with van der Waals surface area (Å²) in [4.78, 5) is 11.2. The molecule has 0 bridgehead atoms. The summed E-state index contributed by atoms with van der Waals surface area (Å²) in [5.74, 6) is 0. The number of carbonyl (C=O) groups is 1. The Kier molecular flexibility index (Phi) is 3.05. The summed E-state index contributed by atoms with van der Waals surface area (Å²) in [5.41, 5.74) is 0.979. The lowest BCUT2D eigenvalue weighted by Gasteiger charge is -2.08. The van der Waals surface area contributed by atoms with Gasteiger partial charge in [0.1, 0.15) is 6.33 Å². The molecule has 19 heavy (non-hydrogen) atoms. The van der Waals surface area contributed by atoms with Crippen molar-refractivity contribution in [3.05, 3.63) is 48.8 Å². The van der Waals surface area contributed by atoms with Crippen molar-refractivity contribution in [3.8, 4) is 5.69 Å². The van der Waals surface area contributed by atoms with Gasteiger partial charge in [-0.05, 0) is 23.2 Å². The molecule has 1 aromatic heterocycles. The van der Waals surface area contributed by atoms with Crippen molar-refractivity contribution in [2.45, 2.75) is 12.1 Å². The van der Waals surface area contributed by atoms with Gasteiger partial charge in [0.25, 0.3) is 0 Å². The van der Waals surface area contributed by atoms with Crippen LogP contribution in [0.3, 0.4) is 0 Å². The van der Waals surface area contributed by atoms with Crippen molar-refractivity contribution in [3.63, 3.8) is 0 Å². The molecular formula is C14H11N3OS. The zero-order valence-corrected chi connectivity index (χ0v) is 11.1. The van der Waals surface area contributed by atoms with Gasteiger partial charge >= 0.3 is 0 Å². The first-order chi connectivity index (χ1) is 9.25. The molecule has 0 aliphatic rings. The van der Waals surface area contributed by atoms with E-state index in [2.05, 4.69) is 22.3 Å². The summed E-state index contributed by atoms with van der Waals surface area (Å²) in [6.45, 7) is 1.52. The topological polar surface area (TPSA) is 47.8 Å². The Labute approximate surface area is 114 Å². The molecule has 94 valence electrons. The molecule has 0 unspecified atom stereocenters. The lowest BCUT2D eigenvalue weighted by molar-refractivity contribution is -0.109. The minimum atomic E-state index is -0.00510. The molecule has 0 fully saturated rings. The first-order valence-electron chi connectivity index (χ1n) is 5.82. The molecular weight excluding hydrogens is 258 g/mol. The van der Waals surface area contributed by atoms with E-state index in [0.717, 1.165) is 28.2 Å². The van der Waals surface area contributed by atoms with Gasteiger partial charge in [-0.2, -0.15) is 0 Å². The number of rotatable bonds is 2. The molecule has 0 N–H and O–H groups in total. The average Bonchev–Trinajstić information content (AvgIpc) is 2.85. The molecule has 1 heterocycles. The van der Waals surface area contributed by atoms with Crippen LogP contribution in [0.4, 0.5) is 0 Å². The van der Waals surface area contributed by atoms with Gasteiger partial charge in [0.05, 0.1) is 5.69 Å². The number of nitrogens with zero attached hydrogens (tertiary/aromatic N) is 3. The van der Waals surface area contributed by atoms with Crippen LogP contribution >= 0.6 is 11.8 Å². The molecule has 0 saturated carbocycles. The lowest BCUT2D eigenvalue weighted by Crippen LogP contribution is -1.97. The number of benzene rings is 2. The Morgan fingerprint density at radius 3 is 2.79 bits per heavy atom. The monoisotopic (exact) mass is 269 g/mol. The van der Waals surface area contributed by atoms with Crippen molar-refractivity contribution in [1.82, 2.24) is 14.8 Å². The van der Waals surface area contributed by atoms with Crippen LogP contribution in [-0.2, 0) is 4.79 Å². The highest BCUT2D eigenvalue weighted by Crippen LogP contribution is 2.26. The molecule has 3 aromatic rings. The third kappa shape index (κ3) is 2.24. The highest BCUT2D eigenvalue weighted by Gasteiger charge is 2.11. The molecule has 0 atom stereocenters. The Bertz CT molecular complexity index is 746. The van der Waals surface area contributed by atoms with Crippen LogP contribution < -0.4 is 0 Å². The highest BCUT2D eigenvalue weighted by atomic mass is 32.2. The van der Waals surface area contributed by atoms with Crippen LogP contribution in [0.2, 0.25) is 0 Å². The minimum Gasteiger partial charge on any atom is -0.287 e. The average molecular weight is 269 g/mol. The Morgan fingerprint density at radius 2 is 1.95 bits per heavy atom. The fourth-order valence-corrected chi connectivity index (χ4v) is 2.60. The number of aromatic nitrogens is 3. The van der Waals surface area contributed by atoms with Crippen molar-refractivity contribution in [2.24, 2.45) is 0 Å². The first-order valence-corrected chi connectivity index (χ1v) is 6.64. The standard InChI is InChI=1S/C14H11N3OS/c1-10(18)19-14-16-15-9-17(14)13-8-4-6-11-5-2-3-7-12(11)13/h2-9H,1H3. The highest BCUT2D eigenvalue weighted by molar-refractivity contribution is 8.13. The number of hydrogen-bond acceptors (Lipinski definition) is 4. The largest absolute Gasteiger partial charge is 0.287 e. The molecule has 0 aliphatic heterocycles. The predicted molar refractivity (Wildman–Crippen MR) is 75.4 cm³/mol. The molecule has 0 radical (unpaired) electrons. The molecule has 5 heteroatoms. The second-order valence-electron chi connectivity index (χ2n) is 4.08. The van der Waals surface area contributed by atoms with E-state index in [1.54, 1.807) is 6.33 Å². The van der Waals surface area contributed by atoms with E-state index in [-0.39, 0.29) is 5.12 Å². The van der Waals surface area contributed by atoms with Gasteiger partial charge in [0.15, 0.2) is 5.12 Å². The van der Waals surface area contributed by atoms with E-state index in [4.69, 9.17) is 0 Å². The second kappa shape index (κ2) is 4.85. The maximum Gasteiger partial charge on any atom is 0.203 e. The maximum atomic E-state index is 11.2. The van der Waals surface area contributed by atoms with Gasteiger partial charge in [0.2, 0.25) is 5.16 Å². The van der Waals surface area contributed by atoms with Crippen molar-refractivity contribution < 1.29 is 4.79 Å². The van der Waals surface area contributed by atoms with E-state index in [9.17, 15) is 4.79 Å². The summed E-state index contributed by atoms with van der Waals surface area (Å²) in [6, 6.07) is 14.1. The van der Waals surface area contributed by atoms with Gasteiger partial charge in [-0.3, -0.25) is 9.36 Å². The van der Waals surface area contributed by atoms with Crippen LogP contribution in [0.25, 0.3) is 16.5 Å². The van der Waals surface area contributed by atoms with E-state index in [1.165, 1.54) is 6.92 Å². The number of thioether (sulfide) groups is 1. The summed E-state index contributed by atoms with van der Waals surface area (Å²) >= 11 is 1.09. The predicted octanol–water partition coefficient (Wildman–Crippen LogP) is 3.06. The maximum absolute atomic E-state index is 11.2. The summed E-state index contributed by atoms with van der Waals surface area (Å²) in [5, 5.41) is 10.7. The molecule has 0 aliphatic carbocycles. The van der Waals surface area contributed by atoms with Crippen molar-refractivity contribution in [2.75, 3.05) is 0 Å². The van der Waals surface area contributed by atoms with Gasteiger partial charge in [0, 0.05) is 12.3 Å². The fourth-order valence-electron chi connectivity index (χ4n) is 2.01. The van der Waals surface area contributed by atoms with Crippen LogP contribution in [-0.4, -0.2) is 19.9 Å². The summed E-state index contributed by atoms with van der Waals surface area (Å²) < 4.78 is 1.84. The van der Waals surface area contributed by atoms with E-state index >= 15 is 0 Å². The van der Waals surface area contributed by atoms with Gasteiger partial charge in [-0.25, -0.2) is 0 Å². The number of hydrogen-bond donors (Lipinski definition) is 0. The molecule has 4 nitrogen and oxygen atoms in total. The number of carbonyl (C=O) groups excluding carboxylic acids is 1. The molecule has 0 amide bonds. The molecule has 0 saturated heterocycles. The fraction of sp³-hybridized carbons (Fsp3) is 0.0714. The molecule has 0 spiro atoms. The summed E-state index contributed by atoms with van der Waals surface area (Å²) in [6.07, 6.45) is 1.63. The van der Waals surface area contributed by atoms with E-state index < -0.39 is 0 Å². The van der Waals surface area contributed by atoms with Gasteiger partial charge in [-0.1, -0.05) is 36.4 Å². The van der Waals surface area contributed by atoms with Crippen LogP contribution in [0.1, 0.15) is 6.92 Å². The SMILES string of the molecule is CC(=O)Sc1nncn1-c1cccc2ccccc12. The van der Waals surface area contributed by atoms with Crippen molar-refractivity contribution in [1.29, 1.82) is 0 Å². The van der Waals surface area contributed by atoms with Crippen LogP contribution in [0, 0.1) is 0 Å². The third-order valence-electron chi connectivity index (χ3n) is 2.78. The van der Waals surface area contributed by atoms with Gasteiger partial charge in [-0.15, -0.1) is 10.2 Å². The Balaban J connectivity index is 2.20.